The molecule has 1 N–H and O–H groups in total. The van der Waals surface area contributed by atoms with Gasteiger partial charge in [0.25, 0.3) is 10.0 Å². The molecule has 0 fully saturated rings. The van der Waals surface area contributed by atoms with Gasteiger partial charge in [0.05, 0.1) is 16.1 Å². The van der Waals surface area contributed by atoms with Crippen LogP contribution in [0.25, 0.3) is 0 Å². The molecule has 0 radical (unpaired) electrons. The Kier molecular flexibility index (Phi) is 7.03. The standard InChI is InChI=1S/C27H20FNO5S/c28-21-15-17-22(18-16-21)35(32,33)29-24-14-8-7-13-23(24)27(31)34-26(20-11-5-2-6-12-20)25(30)19-9-3-1-4-10-19/h1-18,26,29H. The fourth-order valence-corrected chi connectivity index (χ4v) is 4.47. The van der Waals surface area contributed by atoms with Crippen LogP contribution >= 0.6 is 0 Å². The van der Waals surface area contributed by atoms with E-state index in [0.717, 1.165) is 24.3 Å². The predicted molar refractivity (Wildman–Crippen MR) is 129 cm³/mol. The maximum atomic E-state index is 13.2. The summed E-state index contributed by atoms with van der Waals surface area (Å²) in [6.45, 7) is 0. The topological polar surface area (TPSA) is 89.5 Å². The van der Waals surface area contributed by atoms with E-state index in [1.807, 2.05) is 0 Å². The number of benzene rings is 4. The highest BCUT2D eigenvalue weighted by molar-refractivity contribution is 7.92. The zero-order valence-electron chi connectivity index (χ0n) is 18.3. The number of carbonyl (C=O) groups is 2. The first kappa shape index (κ1) is 23.8. The van der Waals surface area contributed by atoms with Gasteiger partial charge in [0, 0.05) is 11.1 Å². The van der Waals surface area contributed by atoms with Crippen LogP contribution in [-0.2, 0) is 14.8 Å². The number of halogens is 1. The quantitative estimate of drug-likeness (QED) is 0.264. The molecule has 8 heteroatoms. The van der Waals surface area contributed by atoms with Crippen LogP contribution in [0.15, 0.2) is 114 Å². The van der Waals surface area contributed by atoms with Crippen LogP contribution in [0, 0.1) is 5.82 Å². The Morgan fingerprint density at radius 2 is 1.31 bits per heavy atom. The zero-order valence-corrected chi connectivity index (χ0v) is 19.1. The zero-order chi connectivity index (χ0) is 24.8. The third kappa shape index (κ3) is 5.62. The molecule has 4 aromatic rings. The number of rotatable bonds is 8. The van der Waals surface area contributed by atoms with Gasteiger partial charge in [-0.2, -0.15) is 0 Å². The minimum absolute atomic E-state index is 0.0409. The molecule has 0 aromatic heterocycles. The van der Waals surface area contributed by atoms with E-state index in [2.05, 4.69) is 4.72 Å². The van der Waals surface area contributed by atoms with Crippen LogP contribution in [-0.4, -0.2) is 20.2 Å². The molecular formula is C27H20FNO5S. The second kappa shape index (κ2) is 10.3. The lowest BCUT2D eigenvalue weighted by molar-refractivity contribution is 0.0281. The second-order valence-electron chi connectivity index (χ2n) is 7.53. The average Bonchev–Trinajstić information content (AvgIpc) is 2.88. The summed E-state index contributed by atoms with van der Waals surface area (Å²) in [6, 6.07) is 27.1. The van der Waals surface area contributed by atoms with Gasteiger partial charge in [-0.3, -0.25) is 9.52 Å². The number of hydrogen-bond donors (Lipinski definition) is 1. The molecule has 35 heavy (non-hydrogen) atoms. The van der Waals surface area contributed by atoms with Crippen molar-refractivity contribution in [1.29, 1.82) is 0 Å². The Hall–Kier alpha value is -4.30. The largest absolute Gasteiger partial charge is 0.445 e. The fraction of sp³-hybridized carbons (Fsp3) is 0.0370. The summed E-state index contributed by atoms with van der Waals surface area (Å²) in [6.07, 6.45) is -1.24. The second-order valence-corrected chi connectivity index (χ2v) is 9.21. The van der Waals surface area contributed by atoms with Gasteiger partial charge >= 0.3 is 5.97 Å². The highest BCUT2D eigenvalue weighted by Crippen LogP contribution is 2.27. The Balaban J connectivity index is 1.64. The van der Waals surface area contributed by atoms with E-state index < -0.39 is 33.7 Å². The molecule has 1 unspecified atom stereocenters. The van der Waals surface area contributed by atoms with Gasteiger partial charge in [-0.1, -0.05) is 72.8 Å². The number of ether oxygens (including phenoxy) is 1. The van der Waals surface area contributed by atoms with Gasteiger partial charge in [0.15, 0.2) is 6.10 Å². The number of ketones is 1. The molecule has 0 spiro atoms. The number of esters is 1. The molecule has 0 bridgehead atoms. The molecular weight excluding hydrogens is 469 g/mol. The number of hydrogen-bond acceptors (Lipinski definition) is 5. The molecule has 1 atom stereocenters. The summed E-state index contributed by atoms with van der Waals surface area (Å²) in [4.78, 5) is 26.2. The van der Waals surface area contributed by atoms with Crippen molar-refractivity contribution >= 4 is 27.5 Å². The number of Topliss-reactive ketones (excluding diaryl/α,β-unsaturated/α-hetero) is 1. The summed E-state index contributed by atoms with van der Waals surface area (Å²) < 4.78 is 46.8. The molecule has 0 amide bonds. The number of sulfonamides is 1. The van der Waals surface area contributed by atoms with Crippen molar-refractivity contribution in [2.24, 2.45) is 0 Å². The van der Waals surface area contributed by atoms with E-state index >= 15 is 0 Å². The van der Waals surface area contributed by atoms with Crippen LogP contribution in [0.1, 0.15) is 32.4 Å². The summed E-state index contributed by atoms with van der Waals surface area (Å²) >= 11 is 0. The van der Waals surface area contributed by atoms with E-state index in [-0.39, 0.29) is 16.1 Å². The summed E-state index contributed by atoms with van der Waals surface area (Å²) in [5, 5.41) is 0. The van der Waals surface area contributed by atoms with Crippen molar-refractivity contribution in [3.63, 3.8) is 0 Å². The predicted octanol–water partition coefficient (Wildman–Crippen LogP) is 5.41. The average molecular weight is 490 g/mol. The van der Waals surface area contributed by atoms with Crippen molar-refractivity contribution in [3.05, 3.63) is 132 Å². The molecule has 0 saturated carbocycles. The van der Waals surface area contributed by atoms with Gasteiger partial charge in [-0.25, -0.2) is 17.6 Å². The Morgan fingerprint density at radius 3 is 1.97 bits per heavy atom. The highest BCUT2D eigenvalue weighted by Gasteiger charge is 2.28. The normalized spacial score (nSPS) is 11.9. The Morgan fingerprint density at radius 1 is 0.743 bits per heavy atom. The number of anilines is 1. The van der Waals surface area contributed by atoms with E-state index in [9.17, 15) is 22.4 Å². The lowest BCUT2D eigenvalue weighted by Crippen LogP contribution is -2.22. The molecule has 4 rings (SSSR count). The van der Waals surface area contributed by atoms with E-state index in [1.54, 1.807) is 72.8 Å². The molecule has 0 saturated heterocycles. The van der Waals surface area contributed by atoms with Gasteiger partial charge in [-0.15, -0.1) is 0 Å². The van der Waals surface area contributed by atoms with Gasteiger partial charge in [-0.05, 0) is 36.4 Å². The van der Waals surface area contributed by atoms with Gasteiger partial charge < -0.3 is 4.74 Å². The fourth-order valence-electron chi connectivity index (χ4n) is 3.39. The monoisotopic (exact) mass is 489 g/mol. The molecule has 4 aromatic carbocycles. The van der Waals surface area contributed by atoms with E-state index in [0.29, 0.717) is 11.1 Å². The molecule has 0 aliphatic carbocycles. The SMILES string of the molecule is O=C(OC(C(=O)c1ccccc1)c1ccccc1)c1ccccc1NS(=O)(=O)c1ccc(F)cc1. The maximum Gasteiger partial charge on any atom is 0.341 e. The summed E-state index contributed by atoms with van der Waals surface area (Å²) in [5.74, 6) is -1.89. The summed E-state index contributed by atoms with van der Waals surface area (Å²) in [7, 11) is -4.12. The number of para-hydroxylation sites is 1. The van der Waals surface area contributed by atoms with Crippen LogP contribution in [0.5, 0.6) is 0 Å². The summed E-state index contributed by atoms with van der Waals surface area (Å²) in [5.41, 5.74) is 0.708. The van der Waals surface area contributed by atoms with Crippen molar-refractivity contribution < 1.29 is 27.1 Å². The van der Waals surface area contributed by atoms with Gasteiger partial charge in [0.2, 0.25) is 5.78 Å². The first-order valence-electron chi connectivity index (χ1n) is 10.6. The molecule has 176 valence electrons. The minimum atomic E-state index is -4.12. The first-order chi connectivity index (χ1) is 16.8. The molecule has 0 aliphatic rings. The Labute approximate surface area is 202 Å². The van der Waals surface area contributed by atoms with Crippen LogP contribution in [0.3, 0.4) is 0 Å². The lowest BCUT2D eigenvalue weighted by atomic mass is 9.99. The molecule has 0 aliphatic heterocycles. The van der Waals surface area contributed by atoms with Crippen molar-refractivity contribution in [2.75, 3.05) is 4.72 Å². The molecule has 0 heterocycles. The van der Waals surface area contributed by atoms with Crippen molar-refractivity contribution in [1.82, 2.24) is 0 Å². The first-order valence-corrected chi connectivity index (χ1v) is 12.1. The Bertz CT molecular complexity index is 1440. The van der Waals surface area contributed by atoms with Crippen molar-refractivity contribution in [2.45, 2.75) is 11.0 Å². The van der Waals surface area contributed by atoms with Crippen molar-refractivity contribution in [3.8, 4) is 0 Å². The van der Waals surface area contributed by atoms with E-state index in [4.69, 9.17) is 4.74 Å². The van der Waals surface area contributed by atoms with Crippen LogP contribution in [0.2, 0.25) is 0 Å². The minimum Gasteiger partial charge on any atom is -0.445 e. The smallest absolute Gasteiger partial charge is 0.341 e. The van der Waals surface area contributed by atoms with Gasteiger partial charge in [0.1, 0.15) is 5.82 Å². The third-order valence-electron chi connectivity index (χ3n) is 5.14. The number of nitrogens with one attached hydrogen (secondary N) is 1. The lowest BCUT2D eigenvalue weighted by Gasteiger charge is -2.19. The number of carbonyl (C=O) groups excluding carboxylic acids is 2. The van der Waals surface area contributed by atoms with Crippen LogP contribution < -0.4 is 4.72 Å². The maximum absolute atomic E-state index is 13.2. The molecule has 6 nitrogen and oxygen atoms in total. The van der Waals surface area contributed by atoms with Crippen LogP contribution in [0.4, 0.5) is 10.1 Å². The third-order valence-corrected chi connectivity index (χ3v) is 6.52. The highest BCUT2D eigenvalue weighted by atomic mass is 32.2. The van der Waals surface area contributed by atoms with E-state index in [1.165, 1.54) is 12.1 Å².